The number of nitrogens with one attached hydrogen (secondary N) is 1. The Morgan fingerprint density at radius 1 is 1.07 bits per heavy atom. The van der Waals surface area contributed by atoms with Crippen LogP contribution in [-0.2, 0) is 27.2 Å². The number of hydrogen-bond acceptors (Lipinski definition) is 5. The van der Waals surface area contributed by atoms with E-state index in [0.29, 0.717) is 12.2 Å². The number of ether oxygens (including phenoxy) is 1. The molecule has 0 unspecified atom stereocenters. The summed E-state index contributed by atoms with van der Waals surface area (Å²) in [5, 5.41) is 5.46. The first-order chi connectivity index (χ1) is 13.6. The van der Waals surface area contributed by atoms with E-state index in [1.165, 1.54) is 16.9 Å². The number of rotatable bonds is 8. The molecule has 2 aromatic carbocycles. The van der Waals surface area contributed by atoms with Crippen LogP contribution in [0, 0.1) is 6.92 Å². The molecule has 1 aromatic heterocycles. The van der Waals surface area contributed by atoms with Crippen molar-refractivity contribution in [2.24, 2.45) is 0 Å². The maximum atomic E-state index is 12.0. The maximum absolute atomic E-state index is 12.0. The van der Waals surface area contributed by atoms with Crippen molar-refractivity contribution in [1.29, 1.82) is 0 Å². The zero-order valence-corrected chi connectivity index (χ0v) is 16.5. The van der Waals surface area contributed by atoms with Crippen LogP contribution in [0.1, 0.15) is 16.8 Å². The minimum atomic E-state index is -0.459. The lowest BCUT2D eigenvalue weighted by Crippen LogP contribution is -2.30. The summed E-state index contributed by atoms with van der Waals surface area (Å²) in [5.74, 6) is -0.762. The van der Waals surface area contributed by atoms with Gasteiger partial charge in [0.25, 0.3) is 5.91 Å². The van der Waals surface area contributed by atoms with Crippen molar-refractivity contribution in [3.8, 4) is 10.6 Å². The van der Waals surface area contributed by atoms with E-state index in [9.17, 15) is 9.59 Å². The molecule has 0 saturated carbocycles. The van der Waals surface area contributed by atoms with Crippen molar-refractivity contribution in [3.63, 3.8) is 0 Å². The Morgan fingerprint density at radius 3 is 2.57 bits per heavy atom. The molecule has 1 heterocycles. The lowest BCUT2D eigenvalue weighted by Gasteiger charge is -2.06. The van der Waals surface area contributed by atoms with E-state index in [0.717, 1.165) is 22.6 Å². The van der Waals surface area contributed by atoms with Crippen molar-refractivity contribution in [3.05, 3.63) is 76.8 Å². The predicted octanol–water partition coefficient (Wildman–Crippen LogP) is 3.56. The zero-order valence-electron chi connectivity index (χ0n) is 15.7. The second-order valence-corrected chi connectivity index (χ2v) is 7.29. The predicted molar refractivity (Wildman–Crippen MR) is 110 cm³/mol. The Bertz CT molecular complexity index is 920. The van der Waals surface area contributed by atoms with Gasteiger partial charge in [0.15, 0.2) is 6.61 Å². The summed E-state index contributed by atoms with van der Waals surface area (Å²) in [6.45, 7) is 2.26. The molecule has 0 fully saturated rings. The molecular weight excluding hydrogens is 372 g/mol. The average molecular weight is 394 g/mol. The molecule has 0 saturated heterocycles. The van der Waals surface area contributed by atoms with Gasteiger partial charge < -0.3 is 10.1 Å². The quantitative estimate of drug-likeness (QED) is 0.593. The van der Waals surface area contributed by atoms with Gasteiger partial charge in [-0.25, -0.2) is 4.98 Å². The summed E-state index contributed by atoms with van der Waals surface area (Å²) >= 11 is 1.49. The fourth-order valence-electron chi connectivity index (χ4n) is 2.60. The van der Waals surface area contributed by atoms with Gasteiger partial charge >= 0.3 is 5.97 Å². The number of amides is 1. The molecule has 0 atom stereocenters. The molecule has 5 nitrogen and oxygen atoms in total. The van der Waals surface area contributed by atoms with Crippen LogP contribution < -0.4 is 5.32 Å². The maximum Gasteiger partial charge on any atom is 0.312 e. The standard InChI is InChI=1S/C22H22N2O3S/c1-16-7-9-18(10-8-16)22-24-19(15-28-22)13-21(26)27-14-20(25)23-12-11-17-5-3-2-4-6-17/h2-10,15H,11-14H2,1H3,(H,23,25). The van der Waals surface area contributed by atoms with Crippen LogP contribution in [0.5, 0.6) is 0 Å². The molecular formula is C22H22N2O3S. The van der Waals surface area contributed by atoms with Gasteiger partial charge in [0, 0.05) is 17.5 Å². The lowest BCUT2D eigenvalue weighted by molar-refractivity contribution is -0.147. The Labute approximate surface area is 168 Å². The third kappa shape index (κ3) is 6.03. The molecule has 144 valence electrons. The van der Waals surface area contributed by atoms with Gasteiger partial charge in [-0.1, -0.05) is 60.2 Å². The molecule has 0 spiro atoms. The molecule has 3 rings (SSSR count). The van der Waals surface area contributed by atoms with Crippen LogP contribution >= 0.6 is 11.3 Å². The monoisotopic (exact) mass is 394 g/mol. The summed E-state index contributed by atoms with van der Waals surface area (Å²) in [5.41, 5.74) is 4.00. The van der Waals surface area contributed by atoms with Crippen LogP contribution in [0.3, 0.4) is 0 Å². The smallest absolute Gasteiger partial charge is 0.312 e. The third-order valence-corrected chi connectivity index (χ3v) is 5.06. The molecule has 1 N–H and O–H groups in total. The third-order valence-electron chi connectivity index (χ3n) is 4.12. The van der Waals surface area contributed by atoms with Gasteiger partial charge in [0.05, 0.1) is 12.1 Å². The molecule has 0 aliphatic rings. The number of aryl methyl sites for hydroxylation is 1. The van der Waals surface area contributed by atoms with Crippen LogP contribution in [0.4, 0.5) is 0 Å². The summed E-state index contributed by atoms with van der Waals surface area (Å²) in [4.78, 5) is 28.2. The van der Waals surface area contributed by atoms with E-state index < -0.39 is 5.97 Å². The topological polar surface area (TPSA) is 68.3 Å². The van der Waals surface area contributed by atoms with E-state index in [-0.39, 0.29) is 18.9 Å². The Kier molecular flexibility index (Phi) is 6.92. The zero-order chi connectivity index (χ0) is 19.8. The SMILES string of the molecule is Cc1ccc(-c2nc(CC(=O)OCC(=O)NCCc3ccccc3)cs2)cc1. The average Bonchev–Trinajstić information content (AvgIpc) is 3.16. The van der Waals surface area contributed by atoms with E-state index in [1.54, 1.807) is 0 Å². The molecule has 0 aliphatic carbocycles. The van der Waals surface area contributed by atoms with Crippen molar-refractivity contribution in [2.45, 2.75) is 19.8 Å². The van der Waals surface area contributed by atoms with Gasteiger partial charge in [-0.05, 0) is 18.9 Å². The Balaban J connectivity index is 1.39. The first-order valence-corrected chi connectivity index (χ1v) is 9.96. The van der Waals surface area contributed by atoms with Gasteiger partial charge in [-0.15, -0.1) is 11.3 Å². The van der Waals surface area contributed by atoms with Gasteiger partial charge in [-0.2, -0.15) is 0 Å². The molecule has 3 aromatic rings. The molecule has 1 amide bonds. The van der Waals surface area contributed by atoms with Crippen molar-refractivity contribution in [2.75, 3.05) is 13.2 Å². The van der Waals surface area contributed by atoms with Gasteiger partial charge in [-0.3, -0.25) is 9.59 Å². The van der Waals surface area contributed by atoms with Crippen molar-refractivity contribution < 1.29 is 14.3 Å². The summed E-state index contributed by atoms with van der Waals surface area (Å²) in [6.07, 6.45) is 0.792. The van der Waals surface area contributed by atoms with E-state index in [2.05, 4.69) is 10.3 Å². The van der Waals surface area contributed by atoms with E-state index >= 15 is 0 Å². The number of benzene rings is 2. The number of thiazole rings is 1. The molecule has 0 radical (unpaired) electrons. The lowest BCUT2D eigenvalue weighted by atomic mass is 10.1. The van der Waals surface area contributed by atoms with Crippen molar-refractivity contribution >= 4 is 23.2 Å². The van der Waals surface area contributed by atoms with E-state index in [4.69, 9.17) is 4.74 Å². The highest BCUT2D eigenvalue weighted by molar-refractivity contribution is 7.13. The fourth-order valence-corrected chi connectivity index (χ4v) is 3.43. The van der Waals surface area contributed by atoms with Gasteiger partial charge in [0.2, 0.25) is 0 Å². The van der Waals surface area contributed by atoms with E-state index in [1.807, 2.05) is 66.9 Å². The Morgan fingerprint density at radius 2 is 1.82 bits per heavy atom. The molecule has 6 heteroatoms. The minimum absolute atomic E-state index is 0.0552. The fraction of sp³-hybridized carbons (Fsp3) is 0.227. The number of nitrogens with zero attached hydrogens (tertiary/aromatic N) is 1. The molecule has 28 heavy (non-hydrogen) atoms. The second kappa shape index (κ2) is 9.80. The van der Waals surface area contributed by atoms with Crippen LogP contribution in [0.2, 0.25) is 0 Å². The van der Waals surface area contributed by atoms with Crippen LogP contribution in [-0.4, -0.2) is 30.0 Å². The number of carbonyl (C=O) groups excluding carboxylic acids is 2. The Hall–Kier alpha value is -2.99. The van der Waals surface area contributed by atoms with Crippen molar-refractivity contribution in [1.82, 2.24) is 10.3 Å². The summed E-state index contributed by atoms with van der Waals surface area (Å²) in [7, 11) is 0. The van der Waals surface area contributed by atoms with Crippen LogP contribution in [0.25, 0.3) is 10.6 Å². The number of esters is 1. The minimum Gasteiger partial charge on any atom is -0.455 e. The highest BCUT2D eigenvalue weighted by Crippen LogP contribution is 2.24. The normalized spacial score (nSPS) is 10.5. The highest BCUT2D eigenvalue weighted by Gasteiger charge is 2.12. The first-order valence-electron chi connectivity index (χ1n) is 9.08. The molecule has 0 aliphatic heterocycles. The van der Waals surface area contributed by atoms with Gasteiger partial charge in [0.1, 0.15) is 5.01 Å². The van der Waals surface area contributed by atoms with Crippen LogP contribution in [0.15, 0.2) is 60.0 Å². The molecule has 0 bridgehead atoms. The highest BCUT2D eigenvalue weighted by atomic mass is 32.1. The number of hydrogen-bond donors (Lipinski definition) is 1. The first kappa shape index (κ1) is 19.8. The largest absolute Gasteiger partial charge is 0.455 e. The number of carbonyl (C=O) groups is 2. The number of aromatic nitrogens is 1. The summed E-state index contributed by atoms with van der Waals surface area (Å²) < 4.78 is 5.05. The second-order valence-electron chi connectivity index (χ2n) is 6.43. The summed E-state index contributed by atoms with van der Waals surface area (Å²) in [6, 6.07) is 18.0.